The lowest BCUT2D eigenvalue weighted by molar-refractivity contribution is 0.0520. The highest BCUT2D eigenvalue weighted by atomic mass is 16.5. The zero-order valence-electron chi connectivity index (χ0n) is 11.8. The zero-order valence-corrected chi connectivity index (χ0v) is 11.8. The van der Waals surface area contributed by atoms with Gasteiger partial charge < -0.3 is 9.47 Å². The van der Waals surface area contributed by atoms with Crippen LogP contribution in [0.3, 0.4) is 0 Å². The molecule has 0 heterocycles. The average Bonchev–Trinajstić information content (AvgIpc) is 2.28. The number of ether oxygens (including phenoxy) is 2. The second kappa shape index (κ2) is 6.43. The number of benzene rings is 1. The van der Waals surface area contributed by atoms with E-state index in [9.17, 15) is 4.79 Å². The van der Waals surface area contributed by atoms with Crippen molar-refractivity contribution in [1.29, 1.82) is 0 Å². The monoisotopic (exact) mass is 250 g/mol. The minimum Gasteiger partial charge on any atom is -0.490 e. The Morgan fingerprint density at radius 1 is 1.22 bits per heavy atom. The molecule has 0 fully saturated rings. The molecule has 0 aliphatic rings. The van der Waals surface area contributed by atoms with E-state index in [1.807, 2.05) is 26.0 Å². The minimum absolute atomic E-state index is 0.0260. The predicted molar refractivity (Wildman–Crippen MR) is 72.3 cm³/mol. The molecule has 0 atom stereocenters. The van der Waals surface area contributed by atoms with Gasteiger partial charge in [-0.25, -0.2) is 4.79 Å². The molecule has 0 N–H and O–H groups in total. The molecule has 1 rings (SSSR count). The van der Waals surface area contributed by atoms with Crippen LogP contribution in [-0.4, -0.2) is 18.7 Å². The Labute approximate surface area is 109 Å². The first-order valence-corrected chi connectivity index (χ1v) is 6.44. The van der Waals surface area contributed by atoms with Crippen LogP contribution in [-0.2, 0) is 4.74 Å². The summed E-state index contributed by atoms with van der Waals surface area (Å²) in [4.78, 5) is 11.9. The number of hydrogen-bond acceptors (Lipinski definition) is 3. The topological polar surface area (TPSA) is 35.5 Å². The van der Waals surface area contributed by atoms with Gasteiger partial charge in [0.15, 0.2) is 0 Å². The van der Waals surface area contributed by atoms with E-state index in [1.165, 1.54) is 0 Å². The van der Waals surface area contributed by atoms with Crippen molar-refractivity contribution in [3.8, 4) is 5.75 Å². The second-order valence-electron chi connectivity index (χ2n) is 4.77. The Morgan fingerprint density at radius 3 is 2.39 bits per heavy atom. The SMILES string of the molecule is CCOC(=O)c1cccc(C(C)C)c1OC(C)C. The summed E-state index contributed by atoms with van der Waals surface area (Å²) < 4.78 is 10.9. The summed E-state index contributed by atoms with van der Waals surface area (Å²) in [6, 6.07) is 5.61. The zero-order chi connectivity index (χ0) is 13.7. The summed E-state index contributed by atoms with van der Waals surface area (Å²) in [5.74, 6) is 0.629. The van der Waals surface area contributed by atoms with E-state index in [1.54, 1.807) is 13.0 Å². The van der Waals surface area contributed by atoms with Crippen molar-refractivity contribution in [2.45, 2.75) is 46.6 Å². The van der Waals surface area contributed by atoms with E-state index in [0.717, 1.165) is 5.56 Å². The van der Waals surface area contributed by atoms with E-state index in [0.29, 0.717) is 23.8 Å². The van der Waals surface area contributed by atoms with Crippen LogP contribution in [0.25, 0.3) is 0 Å². The molecule has 0 amide bonds. The number of carbonyl (C=O) groups excluding carboxylic acids is 1. The first-order chi connectivity index (χ1) is 8.47. The van der Waals surface area contributed by atoms with Gasteiger partial charge in [0, 0.05) is 0 Å². The van der Waals surface area contributed by atoms with Crippen molar-refractivity contribution in [2.24, 2.45) is 0 Å². The predicted octanol–water partition coefficient (Wildman–Crippen LogP) is 3.77. The average molecular weight is 250 g/mol. The maximum absolute atomic E-state index is 11.9. The summed E-state index contributed by atoms with van der Waals surface area (Å²) in [7, 11) is 0. The number of esters is 1. The molecule has 0 radical (unpaired) electrons. The molecular formula is C15H22O3. The number of rotatable bonds is 5. The van der Waals surface area contributed by atoms with Crippen LogP contribution in [0.15, 0.2) is 18.2 Å². The molecule has 1 aromatic carbocycles. The molecule has 0 unspecified atom stereocenters. The van der Waals surface area contributed by atoms with Gasteiger partial charge in [-0.2, -0.15) is 0 Å². The summed E-state index contributed by atoms with van der Waals surface area (Å²) in [6.07, 6.45) is 0.0260. The molecule has 0 aliphatic heterocycles. The van der Waals surface area contributed by atoms with E-state index in [4.69, 9.17) is 9.47 Å². The Bertz CT molecular complexity index is 408. The van der Waals surface area contributed by atoms with Crippen molar-refractivity contribution in [3.05, 3.63) is 29.3 Å². The van der Waals surface area contributed by atoms with Crippen molar-refractivity contribution in [2.75, 3.05) is 6.61 Å². The van der Waals surface area contributed by atoms with Gasteiger partial charge >= 0.3 is 5.97 Å². The summed E-state index contributed by atoms with van der Waals surface area (Å²) in [5.41, 5.74) is 1.55. The maximum Gasteiger partial charge on any atom is 0.341 e. The van der Waals surface area contributed by atoms with Crippen molar-refractivity contribution < 1.29 is 14.3 Å². The smallest absolute Gasteiger partial charge is 0.341 e. The van der Waals surface area contributed by atoms with E-state index in [2.05, 4.69) is 13.8 Å². The lowest BCUT2D eigenvalue weighted by Crippen LogP contribution is -2.14. The van der Waals surface area contributed by atoms with Crippen LogP contribution in [0.1, 0.15) is 56.5 Å². The third-order valence-electron chi connectivity index (χ3n) is 2.52. The third-order valence-corrected chi connectivity index (χ3v) is 2.52. The van der Waals surface area contributed by atoms with Crippen LogP contribution in [0.2, 0.25) is 0 Å². The molecule has 3 nitrogen and oxygen atoms in total. The fourth-order valence-electron chi connectivity index (χ4n) is 1.75. The molecule has 0 aromatic heterocycles. The van der Waals surface area contributed by atoms with E-state index < -0.39 is 0 Å². The fraction of sp³-hybridized carbons (Fsp3) is 0.533. The molecule has 0 saturated carbocycles. The van der Waals surface area contributed by atoms with Crippen LogP contribution >= 0.6 is 0 Å². The Morgan fingerprint density at radius 2 is 1.89 bits per heavy atom. The second-order valence-corrected chi connectivity index (χ2v) is 4.77. The van der Waals surface area contributed by atoms with Gasteiger partial charge in [0.1, 0.15) is 11.3 Å². The van der Waals surface area contributed by atoms with Gasteiger partial charge in [-0.05, 0) is 38.3 Å². The number of carbonyl (C=O) groups is 1. The Balaban J connectivity index is 3.23. The highest BCUT2D eigenvalue weighted by molar-refractivity contribution is 5.93. The van der Waals surface area contributed by atoms with Gasteiger partial charge in [-0.1, -0.05) is 26.0 Å². The molecule has 3 heteroatoms. The lowest BCUT2D eigenvalue weighted by atomic mass is 9.99. The molecule has 18 heavy (non-hydrogen) atoms. The number of para-hydroxylation sites is 1. The van der Waals surface area contributed by atoms with Gasteiger partial charge in [-0.3, -0.25) is 0 Å². The molecule has 0 bridgehead atoms. The van der Waals surface area contributed by atoms with Gasteiger partial charge in [0.25, 0.3) is 0 Å². The quantitative estimate of drug-likeness (QED) is 0.746. The van der Waals surface area contributed by atoms with E-state index >= 15 is 0 Å². The first-order valence-electron chi connectivity index (χ1n) is 6.44. The third kappa shape index (κ3) is 3.49. The molecule has 1 aromatic rings. The van der Waals surface area contributed by atoms with Crippen LogP contribution in [0, 0.1) is 0 Å². The maximum atomic E-state index is 11.9. The van der Waals surface area contributed by atoms with Crippen molar-refractivity contribution in [3.63, 3.8) is 0 Å². The largest absolute Gasteiger partial charge is 0.490 e. The number of hydrogen-bond donors (Lipinski definition) is 0. The standard InChI is InChI=1S/C15H22O3/c1-6-17-15(16)13-9-7-8-12(10(2)3)14(13)18-11(4)5/h7-11H,6H2,1-5H3. The van der Waals surface area contributed by atoms with Gasteiger partial charge in [0.05, 0.1) is 12.7 Å². The van der Waals surface area contributed by atoms with Crippen molar-refractivity contribution in [1.82, 2.24) is 0 Å². The van der Waals surface area contributed by atoms with Gasteiger partial charge in [-0.15, -0.1) is 0 Å². The summed E-state index contributed by atoms with van der Waals surface area (Å²) >= 11 is 0. The molecule has 0 saturated heterocycles. The summed E-state index contributed by atoms with van der Waals surface area (Å²) in [5, 5.41) is 0. The highest BCUT2D eigenvalue weighted by Crippen LogP contribution is 2.31. The lowest BCUT2D eigenvalue weighted by Gasteiger charge is -2.19. The Hall–Kier alpha value is -1.51. The minimum atomic E-state index is -0.323. The molecular weight excluding hydrogens is 228 g/mol. The highest BCUT2D eigenvalue weighted by Gasteiger charge is 2.19. The Kier molecular flexibility index (Phi) is 5.20. The van der Waals surface area contributed by atoms with Crippen molar-refractivity contribution >= 4 is 5.97 Å². The van der Waals surface area contributed by atoms with E-state index in [-0.39, 0.29) is 12.1 Å². The molecule has 0 aliphatic carbocycles. The molecule has 0 spiro atoms. The molecule has 100 valence electrons. The summed E-state index contributed by atoms with van der Waals surface area (Å²) in [6.45, 7) is 10.2. The normalized spacial score (nSPS) is 10.8. The van der Waals surface area contributed by atoms with Crippen LogP contribution < -0.4 is 4.74 Å². The first kappa shape index (κ1) is 14.6. The van der Waals surface area contributed by atoms with Crippen LogP contribution in [0.5, 0.6) is 5.75 Å². The van der Waals surface area contributed by atoms with Gasteiger partial charge in [0.2, 0.25) is 0 Å². The van der Waals surface area contributed by atoms with Crippen LogP contribution in [0.4, 0.5) is 0 Å². The fourth-order valence-corrected chi connectivity index (χ4v) is 1.75.